The number of phenolic OH excluding ortho intramolecular Hbond substituents is 1. The van der Waals surface area contributed by atoms with Crippen molar-refractivity contribution in [2.45, 2.75) is 58.3 Å². The van der Waals surface area contributed by atoms with Gasteiger partial charge in [0.15, 0.2) is 11.6 Å². The first-order chi connectivity index (χ1) is 25.3. The minimum atomic E-state index is -0.0374. The van der Waals surface area contributed by atoms with Gasteiger partial charge in [-0.2, -0.15) is 25.6 Å². The van der Waals surface area contributed by atoms with Gasteiger partial charge < -0.3 is 14.6 Å². The zero-order chi connectivity index (χ0) is 37.0. The number of ether oxygens (including phenoxy) is 2. The predicted octanol–water partition coefficient (Wildman–Crippen LogP) is 12.3. The van der Waals surface area contributed by atoms with Crippen molar-refractivity contribution < 1.29 is 24.2 Å². The summed E-state index contributed by atoms with van der Waals surface area (Å²) in [6.07, 6.45) is 8.89. The Morgan fingerprint density at radius 3 is 1.54 bits per heavy atom. The number of carbonyl (C=O) groups is 2. The van der Waals surface area contributed by atoms with E-state index in [1.807, 2.05) is 49.4 Å². The lowest BCUT2D eigenvalue weighted by molar-refractivity contribution is -0.115. The van der Waals surface area contributed by atoms with Crippen LogP contribution >= 0.6 is 0 Å². The smallest absolute Gasteiger partial charge is 0.155 e. The molecule has 0 heterocycles. The van der Waals surface area contributed by atoms with Gasteiger partial charge in [-0.25, -0.2) is 0 Å². The average Bonchev–Trinajstić information content (AvgIpc) is 3.16. The molecule has 0 atom stereocenters. The van der Waals surface area contributed by atoms with Crippen molar-refractivity contribution in [2.75, 3.05) is 13.2 Å². The third-order valence-corrected chi connectivity index (χ3v) is 7.77. The largest absolute Gasteiger partial charge is 0.505 e. The number of unbranched alkanes of at least 4 members (excludes halogenated alkanes) is 4. The molecule has 11 heteroatoms. The van der Waals surface area contributed by atoms with Gasteiger partial charge in [-0.05, 0) is 142 Å². The Bertz CT molecular complexity index is 1890. The van der Waals surface area contributed by atoms with Crippen LogP contribution in [0.5, 0.6) is 17.2 Å². The van der Waals surface area contributed by atoms with Gasteiger partial charge in [0.1, 0.15) is 22.9 Å². The number of ketones is 2. The van der Waals surface area contributed by atoms with E-state index in [1.165, 1.54) is 18.2 Å². The molecule has 0 saturated heterocycles. The maximum Gasteiger partial charge on any atom is 0.155 e. The second-order valence-electron chi connectivity index (χ2n) is 11.9. The molecule has 0 amide bonds. The Kier molecular flexibility index (Phi) is 15.8. The van der Waals surface area contributed by atoms with Crippen LogP contribution in [0.2, 0.25) is 0 Å². The Labute approximate surface area is 304 Å². The van der Waals surface area contributed by atoms with E-state index >= 15 is 0 Å². The van der Waals surface area contributed by atoms with E-state index in [2.05, 4.69) is 43.8 Å². The highest BCUT2D eigenvalue weighted by Crippen LogP contribution is 2.33. The van der Waals surface area contributed by atoms with Crippen LogP contribution in [-0.2, 0) is 9.59 Å². The second kappa shape index (κ2) is 21.2. The van der Waals surface area contributed by atoms with Gasteiger partial charge >= 0.3 is 0 Å². The molecule has 0 bridgehead atoms. The lowest BCUT2D eigenvalue weighted by Crippen LogP contribution is -1.98. The van der Waals surface area contributed by atoms with Crippen molar-refractivity contribution in [1.29, 1.82) is 0 Å². The molecule has 0 aromatic heterocycles. The molecule has 0 aliphatic rings. The van der Waals surface area contributed by atoms with Crippen molar-refractivity contribution in [3.8, 4) is 17.2 Å². The summed E-state index contributed by atoms with van der Waals surface area (Å²) in [7, 11) is 0. The zero-order valence-corrected chi connectivity index (χ0v) is 29.5. The first-order valence-corrected chi connectivity index (χ1v) is 17.3. The molecule has 0 fully saturated rings. The van der Waals surface area contributed by atoms with Gasteiger partial charge in [-0.3, -0.25) is 9.59 Å². The van der Waals surface area contributed by atoms with Crippen LogP contribution in [0.1, 0.15) is 56.9 Å². The number of phenols is 1. The standard InChI is InChI=1S/C41H44N6O5/c1-4-35(48)12-8-6-10-26-51-37-21-18-33(19-22-37)42-45-34-20-24-39(30(3)28-34)46-43-31-14-16-32(17-15-31)44-47-40-25-23-38(29-41(40)50)52-27-11-7-9-13-36(49)5-2/h4-5,14-25,28-29,50H,1-2,6-13,26-27H2,3H3. The van der Waals surface area contributed by atoms with E-state index in [1.54, 1.807) is 36.4 Å². The SMILES string of the molecule is C=CC(=O)CCCCCOc1ccc(N=Nc2ccc(N=Nc3ccc(N=Nc4ccc(OCCCCCC(=O)C=C)cc4O)cc3)c(C)c2)cc1. The molecule has 4 aromatic rings. The average molecular weight is 701 g/mol. The number of rotatable bonds is 22. The van der Waals surface area contributed by atoms with Crippen LogP contribution < -0.4 is 9.47 Å². The maximum atomic E-state index is 11.3. The van der Waals surface area contributed by atoms with Gasteiger partial charge in [0.05, 0.1) is 41.7 Å². The molecule has 0 aliphatic heterocycles. The maximum absolute atomic E-state index is 11.3. The molecule has 0 spiro atoms. The second-order valence-corrected chi connectivity index (χ2v) is 11.9. The molecule has 4 aromatic carbocycles. The van der Waals surface area contributed by atoms with Crippen molar-refractivity contribution in [1.82, 2.24) is 0 Å². The van der Waals surface area contributed by atoms with E-state index in [9.17, 15) is 14.7 Å². The van der Waals surface area contributed by atoms with Crippen LogP contribution in [0.25, 0.3) is 0 Å². The number of hydrogen-bond acceptors (Lipinski definition) is 11. The third kappa shape index (κ3) is 13.7. The monoisotopic (exact) mass is 700 g/mol. The lowest BCUT2D eigenvalue weighted by Gasteiger charge is -2.07. The first-order valence-electron chi connectivity index (χ1n) is 17.3. The third-order valence-electron chi connectivity index (χ3n) is 7.77. The molecule has 0 saturated carbocycles. The number of nitrogens with zero attached hydrogens (tertiary/aromatic N) is 6. The highest BCUT2D eigenvalue weighted by molar-refractivity contribution is 5.89. The summed E-state index contributed by atoms with van der Waals surface area (Å²) < 4.78 is 11.5. The Morgan fingerprint density at radius 2 is 1.00 bits per heavy atom. The highest BCUT2D eigenvalue weighted by Gasteiger charge is 2.05. The normalized spacial score (nSPS) is 11.3. The van der Waals surface area contributed by atoms with Crippen molar-refractivity contribution in [2.24, 2.45) is 30.7 Å². The summed E-state index contributed by atoms with van der Waals surface area (Å²) in [6, 6.07) is 25.0. The molecule has 4 rings (SSSR count). The van der Waals surface area contributed by atoms with Crippen molar-refractivity contribution in [3.63, 3.8) is 0 Å². The number of allylic oxidation sites excluding steroid dienone is 2. The molecule has 0 aliphatic carbocycles. The van der Waals surface area contributed by atoms with Crippen molar-refractivity contribution in [3.05, 3.63) is 116 Å². The molecule has 0 radical (unpaired) electrons. The minimum absolute atomic E-state index is 0.0374. The van der Waals surface area contributed by atoms with Crippen LogP contribution in [0.15, 0.2) is 141 Å². The van der Waals surface area contributed by atoms with E-state index in [4.69, 9.17) is 9.47 Å². The molecule has 52 heavy (non-hydrogen) atoms. The van der Waals surface area contributed by atoms with Crippen LogP contribution in [0.4, 0.5) is 34.1 Å². The van der Waals surface area contributed by atoms with Gasteiger partial charge in [-0.1, -0.05) is 13.2 Å². The molecule has 1 N–H and O–H groups in total. The van der Waals surface area contributed by atoms with Gasteiger partial charge in [-0.15, -0.1) is 5.11 Å². The van der Waals surface area contributed by atoms with Crippen LogP contribution in [0.3, 0.4) is 0 Å². The molecular weight excluding hydrogens is 656 g/mol. The fourth-order valence-electron chi connectivity index (χ4n) is 4.77. The topological polar surface area (TPSA) is 147 Å². The summed E-state index contributed by atoms with van der Waals surface area (Å²) in [4.78, 5) is 22.5. The van der Waals surface area contributed by atoms with Gasteiger partial charge in [0.2, 0.25) is 0 Å². The summed E-state index contributed by atoms with van der Waals surface area (Å²) in [5, 5.41) is 36.2. The van der Waals surface area contributed by atoms with Crippen LogP contribution in [0, 0.1) is 6.92 Å². The number of aromatic hydroxyl groups is 1. The van der Waals surface area contributed by atoms with E-state index < -0.39 is 0 Å². The summed E-state index contributed by atoms with van der Waals surface area (Å²) in [5.74, 6) is 1.40. The number of benzene rings is 4. The van der Waals surface area contributed by atoms with E-state index in [0.717, 1.165) is 49.8 Å². The number of azo groups is 3. The summed E-state index contributed by atoms with van der Waals surface area (Å²) >= 11 is 0. The number of carbonyl (C=O) groups excluding carboxylic acids is 2. The number of hydrogen-bond donors (Lipinski definition) is 1. The fraction of sp³-hybridized carbons (Fsp3) is 0.268. The zero-order valence-electron chi connectivity index (χ0n) is 29.5. The molecule has 11 nitrogen and oxygen atoms in total. The first kappa shape index (κ1) is 38.7. The Hall–Kier alpha value is -6.10. The molecule has 0 unspecified atom stereocenters. The molecular formula is C41H44N6O5. The number of aryl methyl sites for hydroxylation is 1. The summed E-state index contributed by atoms with van der Waals surface area (Å²) in [6.45, 7) is 9.98. The highest BCUT2D eigenvalue weighted by atomic mass is 16.5. The Balaban J connectivity index is 1.21. The summed E-state index contributed by atoms with van der Waals surface area (Å²) in [5.41, 5.74) is 4.56. The Morgan fingerprint density at radius 1 is 0.558 bits per heavy atom. The van der Waals surface area contributed by atoms with Crippen molar-refractivity contribution >= 4 is 45.7 Å². The van der Waals surface area contributed by atoms with E-state index in [0.29, 0.717) is 65.9 Å². The van der Waals surface area contributed by atoms with E-state index in [-0.39, 0.29) is 17.3 Å². The lowest BCUT2D eigenvalue weighted by atomic mass is 10.1. The van der Waals surface area contributed by atoms with Gasteiger partial charge in [0.25, 0.3) is 0 Å². The fourth-order valence-corrected chi connectivity index (χ4v) is 4.77. The quantitative estimate of drug-likeness (QED) is 0.0492. The predicted molar refractivity (Wildman–Crippen MR) is 203 cm³/mol. The van der Waals surface area contributed by atoms with Gasteiger partial charge in [0, 0.05) is 18.9 Å². The minimum Gasteiger partial charge on any atom is -0.505 e. The van der Waals surface area contributed by atoms with Crippen LogP contribution in [-0.4, -0.2) is 29.9 Å². The molecule has 268 valence electrons.